The van der Waals surface area contributed by atoms with Crippen LogP contribution in [0.5, 0.6) is 0 Å². The molecule has 40 heavy (non-hydrogen) atoms. The van der Waals surface area contributed by atoms with Gasteiger partial charge in [0, 0.05) is 30.4 Å². The third kappa shape index (κ3) is 9.74. The van der Waals surface area contributed by atoms with Crippen molar-refractivity contribution in [2.75, 3.05) is 20.7 Å². The fourth-order valence-corrected chi connectivity index (χ4v) is 5.94. The van der Waals surface area contributed by atoms with E-state index in [2.05, 4.69) is 0 Å². The van der Waals surface area contributed by atoms with Gasteiger partial charge in [-0.2, -0.15) is 0 Å². The van der Waals surface area contributed by atoms with Crippen LogP contribution in [0, 0.1) is 23.7 Å². The van der Waals surface area contributed by atoms with Crippen molar-refractivity contribution in [2.45, 2.75) is 116 Å². The molecular weight excluding hydrogens is 514 g/mol. The molecule has 0 spiro atoms. The predicted molar refractivity (Wildman–Crippen MR) is 153 cm³/mol. The maximum Gasteiger partial charge on any atom is 0.308 e. The van der Waals surface area contributed by atoms with Crippen molar-refractivity contribution < 1.29 is 39.1 Å². The topological polar surface area (TPSA) is 126 Å². The number of aliphatic hydroxyl groups excluding tert-OH is 3. The van der Waals surface area contributed by atoms with Crippen molar-refractivity contribution in [1.82, 2.24) is 4.90 Å². The number of ether oxygens (including phenoxy) is 3. The van der Waals surface area contributed by atoms with Crippen molar-refractivity contribution in [3.8, 4) is 0 Å². The zero-order valence-electron chi connectivity index (χ0n) is 25.7. The summed E-state index contributed by atoms with van der Waals surface area (Å²) >= 11 is 0. The third-order valence-electron chi connectivity index (χ3n) is 8.48. The first-order valence-corrected chi connectivity index (χ1v) is 14.8. The first kappa shape index (κ1) is 34.6. The van der Waals surface area contributed by atoms with E-state index in [9.17, 15) is 24.9 Å². The monoisotopic (exact) mass is 567 g/mol. The summed E-state index contributed by atoms with van der Waals surface area (Å²) in [5.41, 5.74) is 0.893. The molecule has 0 aromatic heterocycles. The van der Waals surface area contributed by atoms with Crippen LogP contribution in [0.15, 0.2) is 23.8 Å². The molecule has 2 heterocycles. The molecule has 4 unspecified atom stereocenters. The molecule has 0 bridgehead atoms. The minimum atomic E-state index is -1.11. The van der Waals surface area contributed by atoms with Crippen molar-refractivity contribution in [1.29, 1.82) is 0 Å². The highest BCUT2D eigenvalue weighted by atomic mass is 16.7. The van der Waals surface area contributed by atoms with Crippen LogP contribution in [0.3, 0.4) is 0 Å². The fraction of sp³-hybridized carbons (Fsp3) is 0.806. The van der Waals surface area contributed by atoms with Crippen LogP contribution in [0.2, 0.25) is 0 Å². The molecule has 230 valence electrons. The molecule has 0 aliphatic carbocycles. The molecule has 2 aliphatic rings. The molecule has 0 saturated carbocycles. The molecule has 1 fully saturated rings. The summed E-state index contributed by atoms with van der Waals surface area (Å²) in [5.74, 6) is -1.92. The third-order valence-corrected chi connectivity index (χ3v) is 8.48. The summed E-state index contributed by atoms with van der Waals surface area (Å²) in [6.45, 7) is 11.2. The molecule has 11 atom stereocenters. The van der Waals surface area contributed by atoms with E-state index in [0.29, 0.717) is 25.7 Å². The van der Waals surface area contributed by atoms with Gasteiger partial charge in [0.15, 0.2) is 12.1 Å². The van der Waals surface area contributed by atoms with Crippen molar-refractivity contribution in [3.63, 3.8) is 0 Å². The summed E-state index contributed by atoms with van der Waals surface area (Å²) in [6, 6.07) is -0.193. The highest BCUT2D eigenvalue weighted by Crippen LogP contribution is 2.34. The average Bonchev–Trinajstić information content (AvgIpc) is 2.88. The highest BCUT2D eigenvalue weighted by Gasteiger charge is 2.43. The number of cyclic esters (lactones) is 1. The predicted octanol–water partition coefficient (Wildman–Crippen LogP) is 3.25. The van der Waals surface area contributed by atoms with Crippen molar-refractivity contribution >= 4 is 11.8 Å². The number of aliphatic hydroxyl groups is 3. The van der Waals surface area contributed by atoms with Crippen LogP contribution in [-0.2, 0) is 23.8 Å². The summed E-state index contributed by atoms with van der Waals surface area (Å²) in [4.78, 5) is 28.0. The van der Waals surface area contributed by atoms with E-state index < -0.39 is 36.5 Å². The van der Waals surface area contributed by atoms with Gasteiger partial charge >= 0.3 is 5.97 Å². The fourth-order valence-electron chi connectivity index (χ4n) is 5.94. The molecule has 2 aliphatic heterocycles. The quantitative estimate of drug-likeness (QED) is 0.415. The second-order valence-electron chi connectivity index (χ2n) is 12.2. The molecule has 0 aromatic carbocycles. The van der Waals surface area contributed by atoms with E-state index in [4.69, 9.17) is 14.2 Å². The van der Waals surface area contributed by atoms with Gasteiger partial charge in [0.2, 0.25) is 0 Å². The Labute approximate surface area is 240 Å². The van der Waals surface area contributed by atoms with E-state index in [0.717, 1.165) is 5.57 Å². The second kappa shape index (κ2) is 16.1. The Kier molecular flexibility index (Phi) is 13.9. The van der Waals surface area contributed by atoms with Crippen LogP contribution < -0.4 is 0 Å². The normalized spacial score (nSPS) is 41.3. The van der Waals surface area contributed by atoms with E-state index in [1.54, 1.807) is 19.1 Å². The summed E-state index contributed by atoms with van der Waals surface area (Å²) in [6.07, 6.45) is 2.78. The Hall–Kier alpha value is -1.62. The van der Waals surface area contributed by atoms with Gasteiger partial charge in [-0.15, -0.1) is 0 Å². The molecule has 9 heteroatoms. The lowest BCUT2D eigenvalue weighted by Crippen LogP contribution is -2.56. The largest absolute Gasteiger partial charge is 0.462 e. The highest BCUT2D eigenvalue weighted by molar-refractivity contribution is 5.91. The number of ketones is 1. The molecule has 9 nitrogen and oxygen atoms in total. The lowest BCUT2D eigenvalue weighted by atomic mass is 9.79. The van der Waals surface area contributed by atoms with Crippen molar-refractivity contribution in [3.05, 3.63) is 23.8 Å². The molecular formula is C31H53NO8. The first-order chi connectivity index (χ1) is 18.8. The Morgan fingerprint density at radius 2 is 1.75 bits per heavy atom. The number of hydrogen-bond acceptors (Lipinski definition) is 9. The van der Waals surface area contributed by atoms with E-state index in [-0.39, 0.29) is 54.8 Å². The number of esters is 1. The zero-order valence-corrected chi connectivity index (χ0v) is 25.7. The number of hydrogen-bond donors (Lipinski definition) is 3. The van der Waals surface area contributed by atoms with Crippen LogP contribution in [0.25, 0.3) is 0 Å². The Morgan fingerprint density at radius 3 is 2.35 bits per heavy atom. The summed E-state index contributed by atoms with van der Waals surface area (Å²) < 4.78 is 18.3. The minimum Gasteiger partial charge on any atom is -0.462 e. The van der Waals surface area contributed by atoms with Gasteiger partial charge in [-0.25, -0.2) is 0 Å². The minimum absolute atomic E-state index is 0.0453. The Balaban J connectivity index is 2.47. The van der Waals surface area contributed by atoms with Crippen LogP contribution in [-0.4, -0.2) is 95.5 Å². The van der Waals surface area contributed by atoms with Crippen LogP contribution >= 0.6 is 0 Å². The number of nitrogens with zero attached hydrogens (tertiary/aromatic N) is 1. The Bertz CT molecular complexity index is 873. The van der Waals surface area contributed by atoms with Gasteiger partial charge in [0.05, 0.1) is 24.7 Å². The summed E-state index contributed by atoms with van der Waals surface area (Å²) in [5, 5.41) is 32.4. The number of likely N-dealkylation sites (N-methyl/N-ethyl adjacent to an activating group) is 1. The SMILES string of the molecule is CC[C@H]1OC(=O)C[C@@H](O)[C@H](C)[C@@H](OC2OC(C)CC(N(C)C)C2O)[C@@H](CCO)C[C@@H](C)C(=O)/C=C/C(C)=C/[C@@H]1C. The number of carbonyl (C=O) groups is 2. The molecule has 0 aromatic rings. The number of carbonyl (C=O) groups excluding carboxylic acids is 2. The molecule has 0 amide bonds. The number of allylic oxidation sites excluding steroid dienone is 3. The van der Waals surface area contributed by atoms with Crippen LogP contribution in [0.4, 0.5) is 0 Å². The van der Waals surface area contributed by atoms with Crippen LogP contribution in [0.1, 0.15) is 73.6 Å². The maximum absolute atomic E-state index is 13.1. The van der Waals surface area contributed by atoms with Gasteiger partial charge in [-0.1, -0.05) is 45.4 Å². The second-order valence-corrected chi connectivity index (χ2v) is 12.2. The number of rotatable bonds is 6. The van der Waals surface area contributed by atoms with Gasteiger partial charge in [-0.05, 0) is 65.6 Å². The molecule has 3 N–H and O–H groups in total. The summed E-state index contributed by atoms with van der Waals surface area (Å²) in [7, 11) is 3.79. The molecule has 2 rings (SSSR count). The van der Waals surface area contributed by atoms with E-state index >= 15 is 0 Å². The van der Waals surface area contributed by atoms with Gasteiger partial charge in [0.1, 0.15) is 12.2 Å². The smallest absolute Gasteiger partial charge is 0.308 e. The first-order valence-electron chi connectivity index (χ1n) is 14.8. The van der Waals surface area contributed by atoms with Gasteiger partial charge < -0.3 is 34.4 Å². The molecule has 0 radical (unpaired) electrons. The van der Waals surface area contributed by atoms with Gasteiger partial charge in [0.25, 0.3) is 0 Å². The zero-order chi connectivity index (χ0) is 30.1. The van der Waals surface area contributed by atoms with Crippen molar-refractivity contribution in [2.24, 2.45) is 23.7 Å². The van der Waals surface area contributed by atoms with Gasteiger partial charge in [-0.3, -0.25) is 9.59 Å². The standard InChI is InChI=1S/C31H53NO8/c1-9-27-20(4)14-18(2)10-11-25(34)19(3)15-23(12-13-33)30(22(6)26(35)17-28(36)39-27)40-31-29(37)24(32(7)8)16-21(5)38-31/h10-11,14,19-24,26-27,29-31,33,35,37H,9,12-13,15-17H2,1-8H3/b11-10+,18-14+/t19-,20+,21?,22+,23+,24?,26-,27-,29?,30-,31?/m1/s1. The lowest BCUT2D eigenvalue weighted by Gasteiger charge is -2.44. The molecule has 1 saturated heterocycles. The average molecular weight is 568 g/mol. The maximum atomic E-state index is 13.1. The lowest BCUT2D eigenvalue weighted by molar-refractivity contribution is -0.283. The Morgan fingerprint density at radius 1 is 1.07 bits per heavy atom. The van der Waals surface area contributed by atoms with E-state index in [1.165, 1.54) is 0 Å². The van der Waals surface area contributed by atoms with E-state index in [1.807, 2.05) is 59.7 Å².